The number of aliphatic hydroxyl groups is 2. The van der Waals surface area contributed by atoms with Crippen LogP contribution in [0.15, 0.2) is 22.7 Å². The Morgan fingerprint density at radius 1 is 1.17 bits per heavy atom. The number of fused-ring (bicyclic) bond motifs is 2. The number of hydrogen-bond acceptors (Lipinski definition) is 7. The van der Waals surface area contributed by atoms with Crippen molar-refractivity contribution in [1.29, 1.82) is 0 Å². The van der Waals surface area contributed by atoms with Crippen LogP contribution in [0.25, 0.3) is 11.3 Å². The summed E-state index contributed by atoms with van der Waals surface area (Å²) in [5.74, 6) is 2.30. The zero-order valence-corrected chi connectivity index (χ0v) is 12.6. The highest BCUT2D eigenvalue weighted by Gasteiger charge is 2.29. The third-order valence-corrected chi connectivity index (χ3v) is 4.44. The van der Waals surface area contributed by atoms with E-state index in [0.717, 1.165) is 34.9 Å². The van der Waals surface area contributed by atoms with Crippen molar-refractivity contribution in [2.45, 2.75) is 19.0 Å². The van der Waals surface area contributed by atoms with Crippen molar-refractivity contribution in [3.8, 4) is 22.8 Å². The van der Waals surface area contributed by atoms with Crippen LogP contribution in [-0.4, -0.2) is 52.9 Å². The first-order valence-corrected chi connectivity index (χ1v) is 7.63. The fraction of sp³-hybridized carbons (Fsp3) is 0.438. The molecule has 7 heteroatoms. The zero-order chi connectivity index (χ0) is 15.8. The highest BCUT2D eigenvalue weighted by molar-refractivity contribution is 5.67. The van der Waals surface area contributed by atoms with Crippen LogP contribution in [0.2, 0.25) is 0 Å². The van der Waals surface area contributed by atoms with Gasteiger partial charge in [-0.2, -0.15) is 0 Å². The lowest BCUT2D eigenvalue weighted by atomic mass is 10.00. The SMILES string of the molecule is OCC(CO)N1CCc2onc(-c3ccc4c(c3)OCO4)c2C1. The van der Waals surface area contributed by atoms with Gasteiger partial charge in [-0.25, -0.2) is 0 Å². The van der Waals surface area contributed by atoms with Gasteiger partial charge in [-0.15, -0.1) is 0 Å². The van der Waals surface area contributed by atoms with Crippen molar-refractivity contribution in [2.75, 3.05) is 26.6 Å². The highest BCUT2D eigenvalue weighted by Crippen LogP contribution is 2.38. The van der Waals surface area contributed by atoms with Crippen LogP contribution in [0.4, 0.5) is 0 Å². The molecule has 0 aliphatic carbocycles. The van der Waals surface area contributed by atoms with E-state index >= 15 is 0 Å². The Morgan fingerprint density at radius 3 is 2.83 bits per heavy atom. The molecular weight excluding hydrogens is 300 g/mol. The number of benzene rings is 1. The maximum Gasteiger partial charge on any atom is 0.231 e. The quantitative estimate of drug-likeness (QED) is 0.861. The lowest BCUT2D eigenvalue weighted by Crippen LogP contribution is -2.43. The van der Waals surface area contributed by atoms with Crippen molar-refractivity contribution in [1.82, 2.24) is 10.1 Å². The number of hydrogen-bond donors (Lipinski definition) is 2. The van der Waals surface area contributed by atoms with Gasteiger partial charge in [0, 0.05) is 30.6 Å². The third-order valence-electron chi connectivity index (χ3n) is 4.44. The predicted molar refractivity (Wildman–Crippen MR) is 80.1 cm³/mol. The molecule has 0 radical (unpaired) electrons. The van der Waals surface area contributed by atoms with E-state index in [-0.39, 0.29) is 26.0 Å². The van der Waals surface area contributed by atoms with Gasteiger partial charge in [-0.05, 0) is 18.2 Å². The smallest absolute Gasteiger partial charge is 0.231 e. The van der Waals surface area contributed by atoms with E-state index in [1.165, 1.54) is 0 Å². The lowest BCUT2D eigenvalue weighted by Gasteiger charge is -2.31. The molecule has 4 rings (SSSR count). The van der Waals surface area contributed by atoms with Gasteiger partial charge in [0.2, 0.25) is 6.79 Å². The second kappa shape index (κ2) is 5.84. The molecule has 0 atom stereocenters. The van der Waals surface area contributed by atoms with Crippen molar-refractivity contribution in [3.63, 3.8) is 0 Å². The molecule has 0 amide bonds. The van der Waals surface area contributed by atoms with Gasteiger partial charge in [0.25, 0.3) is 0 Å². The Balaban J connectivity index is 1.66. The highest BCUT2D eigenvalue weighted by atomic mass is 16.7. The third kappa shape index (κ3) is 2.46. The fourth-order valence-corrected chi connectivity index (χ4v) is 3.10. The topological polar surface area (TPSA) is 88.2 Å². The number of ether oxygens (including phenoxy) is 2. The van der Waals surface area contributed by atoms with Gasteiger partial charge in [-0.3, -0.25) is 4.90 Å². The normalized spacial score (nSPS) is 16.8. The largest absolute Gasteiger partial charge is 0.454 e. The minimum absolute atomic E-state index is 0.0729. The average Bonchev–Trinajstić information content (AvgIpc) is 3.21. The molecule has 0 unspecified atom stereocenters. The standard InChI is InChI=1S/C16H18N2O5/c19-7-11(8-20)18-4-3-13-12(6-18)16(17-23-13)10-1-2-14-15(5-10)22-9-21-14/h1-2,5,11,19-20H,3-4,6-9H2. The van der Waals surface area contributed by atoms with E-state index < -0.39 is 0 Å². The first-order valence-electron chi connectivity index (χ1n) is 7.63. The first-order chi connectivity index (χ1) is 11.3. The van der Waals surface area contributed by atoms with Gasteiger partial charge in [0.15, 0.2) is 11.5 Å². The average molecular weight is 318 g/mol. The van der Waals surface area contributed by atoms with E-state index in [2.05, 4.69) is 10.1 Å². The van der Waals surface area contributed by atoms with E-state index in [1.807, 2.05) is 18.2 Å². The lowest BCUT2D eigenvalue weighted by molar-refractivity contribution is 0.0628. The van der Waals surface area contributed by atoms with Crippen LogP contribution in [0.1, 0.15) is 11.3 Å². The maximum absolute atomic E-state index is 9.40. The molecule has 0 fully saturated rings. The second-order valence-electron chi connectivity index (χ2n) is 5.74. The molecule has 2 aliphatic rings. The van der Waals surface area contributed by atoms with Gasteiger partial charge >= 0.3 is 0 Å². The Labute approximate surface area is 133 Å². The van der Waals surface area contributed by atoms with Gasteiger partial charge in [0.05, 0.1) is 19.3 Å². The van der Waals surface area contributed by atoms with Crippen molar-refractivity contribution >= 4 is 0 Å². The Hall–Kier alpha value is -2.09. The molecule has 0 bridgehead atoms. The molecule has 1 aromatic carbocycles. The Kier molecular flexibility index (Phi) is 3.68. The summed E-state index contributed by atoms with van der Waals surface area (Å²) in [6.45, 7) is 1.41. The summed E-state index contributed by atoms with van der Waals surface area (Å²) in [6, 6.07) is 5.43. The molecule has 7 nitrogen and oxygen atoms in total. The molecular formula is C16H18N2O5. The molecule has 2 aliphatic heterocycles. The van der Waals surface area contributed by atoms with Crippen LogP contribution in [0, 0.1) is 0 Å². The number of aliphatic hydroxyl groups excluding tert-OH is 2. The van der Waals surface area contributed by atoms with Gasteiger partial charge < -0.3 is 24.2 Å². The van der Waals surface area contributed by atoms with E-state index in [1.54, 1.807) is 0 Å². The van der Waals surface area contributed by atoms with Crippen molar-refractivity contribution in [2.24, 2.45) is 0 Å². The molecule has 3 heterocycles. The second-order valence-corrected chi connectivity index (χ2v) is 5.74. The summed E-state index contributed by atoms with van der Waals surface area (Å²) in [6.07, 6.45) is 0.712. The first kappa shape index (κ1) is 14.5. The molecule has 0 saturated carbocycles. The van der Waals surface area contributed by atoms with Crippen LogP contribution >= 0.6 is 0 Å². The minimum Gasteiger partial charge on any atom is -0.454 e. The number of rotatable bonds is 4. The van der Waals surface area contributed by atoms with E-state index in [4.69, 9.17) is 14.0 Å². The zero-order valence-electron chi connectivity index (χ0n) is 12.6. The molecule has 2 N–H and O–H groups in total. The van der Waals surface area contributed by atoms with Crippen LogP contribution in [0.3, 0.4) is 0 Å². The van der Waals surface area contributed by atoms with Gasteiger partial charge in [0.1, 0.15) is 11.5 Å². The summed E-state index contributed by atoms with van der Waals surface area (Å²) in [4.78, 5) is 2.05. The summed E-state index contributed by atoms with van der Waals surface area (Å²) in [5, 5.41) is 23.0. The van der Waals surface area contributed by atoms with E-state index in [0.29, 0.717) is 18.7 Å². The number of aromatic nitrogens is 1. The summed E-state index contributed by atoms with van der Waals surface area (Å²) < 4.78 is 16.2. The number of nitrogens with zero attached hydrogens (tertiary/aromatic N) is 2. The molecule has 23 heavy (non-hydrogen) atoms. The minimum atomic E-state index is -0.261. The molecule has 0 spiro atoms. The van der Waals surface area contributed by atoms with Crippen molar-refractivity contribution < 1.29 is 24.2 Å². The summed E-state index contributed by atoms with van der Waals surface area (Å²) >= 11 is 0. The van der Waals surface area contributed by atoms with E-state index in [9.17, 15) is 10.2 Å². The monoisotopic (exact) mass is 318 g/mol. The molecule has 1 aromatic heterocycles. The van der Waals surface area contributed by atoms with Gasteiger partial charge in [-0.1, -0.05) is 5.16 Å². The van der Waals surface area contributed by atoms with Crippen LogP contribution < -0.4 is 9.47 Å². The van der Waals surface area contributed by atoms with Crippen LogP contribution in [-0.2, 0) is 13.0 Å². The molecule has 0 saturated heterocycles. The Bertz CT molecular complexity index is 710. The Morgan fingerprint density at radius 2 is 2.00 bits per heavy atom. The van der Waals surface area contributed by atoms with Crippen LogP contribution in [0.5, 0.6) is 11.5 Å². The fourth-order valence-electron chi connectivity index (χ4n) is 3.10. The summed E-state index contributed by atoms with van der Waals surface area (Å²) in [5.41, 5.74) is 2.69. The summed E-state index contributed by atoms with van der Waals surface area (Å²) in [7, 11) is 0. The maximum atomic E-state index is 9.40. The molecule has 2 aromatic rings. The molecule has 122 valence electrons. The predicted octanol–water partition coefficient (Wildman–Crippen LogP) is 0.782. The van der Waals surface area contributed by atoms with Crippen molar-refractivity contribution in [3.05, 3.63) is 29.5 Å².